The van der Waals surface area contributed by atoms with Gasteiger partial charge in [-0.25, -0.2) is 0 Å². The van der Waals surface area contributed by atoms with Gasteiger partial charge in [0.15, 0.2) is 0 Å². The number of rotatable bonds is 5. The van der Waals surface area contributed by atoms with Crippen LogP contribution >= 0.6 is 0 Å². The van der Waals surface area contributed by atoms with Crippen LogP contribution in [0.15, 0.2) is 0 Å². The number of hydrogen-bond acceptors (Lipinski definition) is 2. The average Bonchev–Trinajstić information content (AvgIpc) is 2.62. The molecular formula is C15H32N2. The summed E-state index contributed by atoms with van der Waals surface area (Å²) in [6, 6.07) is 0. The molecule has 1 fully saturated rings. The number of nitrogens with one attached hydrogen (secondary N) is 1. The van der Waals surface area contributed by atoms with Gasteiger partial charge < -0.3 is 10.2 Å². The van der Waals surface area contributed by atoms with Crippen molar-refractivity contribution < 1.29 is 0 Å². The minimum Gasteiger partial charge on any atom is -0.316 e. The normalized spacial score (nSPS) is 23.3. The first-order valence-corrected chi connectivity index (χ1v) is 7.18. The first-order chi connectivity index (χ1) is 7.74. The van der Waals surface area contributed by atoms with Crippen LogP contribution in [-0.2, 0) is 0 Å². The summed E-state index contributed by atoms with van der Waals surface area (Å²) in [5.74, 6) is 0.873. The first kappa shape index (κ1) is 15.0. The Labute approximate surface area is 108 Å². The van der Waals surface area contributed by atoms with E-state index in [4.69, 9.17) is 0 Å². The van der Waals surface area contributed by atoms with E-state index >= 15 is 0 Å². The summed E-state index contributed by atoms with van der Waals surface area (Å²) in [6.45, 7) is 20.1. The van der Waals surface area contributed by atoms with Crippen LogP contribution in [0, 0.1) is 16.7 Å². The van der Waals surface area contributed by atoms with E-state index in [0.717, 1.165) is 19.0 Å². The van der Waals surface area contributed by atoms with Crippen LogP contribution in [0.1, 0.15) is 48.0 Å². The molecule has 1 rings (SSSR count). The molecule has 17 heavy (non-hydrogen) atoms. The molecule has 1 atom stereocenters. The Morgan fingerprint density at radius 2 is 1.82 bits per heavy atom. The molecular weight excluding hydrogens is 208 g/mol. The second kappa shape index (κ2) is 5.71. The molecule has 1 heterocycles. The van der Waals surface area contributed by atoms with Gasteiger partial charge in [-0.3, -0.25) is 0 Å². The molecule has 1 aliphatic rings. The molecule has 0 aromatic rings. The van der Waals surface area contributed by atoms with Gasteiger partial charge in [0.1, 0.15) is 0 Å². The average molecular weight is 240 g/mol. The molecule has 0 amide bonds. The lowest BCUT2D eigenvalue weighted by Gasteiger charge is -2.32. The van der Waals surface area contributed by atoms with Crippen molar-refractivity contribution in [2.45, 2.75) is 48.0 Å². The van der Waals surface area contributed by atoms with Crippen molar-refractivity contribution in [1.82, 2.24) is 10.2 Å². The summed E-state index contributed by atoms with van der Waals surface area (Å²) in [5.41, 5.74) is 0.864. The summed E-state index contributed by atoms with van der Waals surface area (Å²) in [6.07, 6.45) is 1.38. The van der Waals surface area contributed by atoms with Crippen LogP contribution in [0.5, 0.6) is 0 Å². The van der Waals surface area contributed by atoms with E-state index in [2.05, 4.69) is 51.8 Å². The molecule has 2 heteroatoms. The molecule has 0 radical (unpaired) electrons. The van der Waals surface area contributed by atoms with E-state index < -0.39 is 0 Å². The van der Waals surface area contributed by atoms with Crippen molar-refractivity contribution in [3.63, 3.8) is 0 Å². The maximum absolute atomic E-state index is 3.48. The van der Waals surface area contributed by atoms with Gasteiger partial charge in [0, 0.05) is 19.6 Å². The largest absolute Gasteiger partial charge is 0.316 e. The predicted molar refractivity (Wildman–Crippen MR) is 76.3 cm³/mol. The van der Waals surface area contributed by atoms with E-state index in [0.29, 0.717) is 10.8 Å². The van der Waals surface area contributed by atoms with Crippen LogP contribution in [0.3, 0.4) is 0 Å². The quantitative estimate of drug-likeness (QED) is 0.795. The molecule has 0 bridgehead atoms. The van der Waals surface area contributed by atoms with Gasteiger partial charge in [-0.15, -0.1) is 0 Å². The van der Waals surface area contributed by atoms with E-state index in [9.17, 15) is 0 Å². The zero-order valence-electron chi connectivity index (χ0n) is 12.8. The SMILES string of the molecule is CCNCC(C)(C)CN1CCC(C(C)(C)C)C1. The first-order valence-electron chi connectivity index (χ1n) is 7.18. The molecule has 0 spiro atoms. The summed E-state index contributed by atoms with van der Waals surface area (Å²) < 4.78 is 0. The van der Waals surface area contributed by atoms with Crippen molar-refractivity contribution in [1.29, 1.82) is 0 Å². The topological polar surface area (TPSA) is 15.3 Å². The highest BCUT2D eigenvalue weighted by Crippen LogP contribution is 2.34. The Kier molecular flexibility index (Phi) is 5.03. The third-order valence-corrected chi connectivity index (χ3v) is 4.00. The molecule has 1 saturated heterocycles. The number of likely N-dealkylation sites (tertiary alicyclic amines) is 1. The van der Waals surface area contributed by atoms with Crippen LogP contribution in [0.4, 0.5) is 0 Å². The molecule has 2 nitrogen and oxygen atoms in total. The summed E-state index contributed by atoms with van der Waals surface area (Å²) in [7, 11) is 0. The van der Waals surface area contributed by atoms with Gasteiger partial charge in [0.05, 0.1) is 0 Å². The zero-order valence-corrected chi connectivity index (χ0v) is 12.8. The maximum Gasteiger partial charge on any atom is 0.00449 e. The van der Waals surface area contributed by atoms with Gasteiger partial charge in [-0.2, -0.15) is 0 Å². The third-order valence-electron chi connectivity index (χ3n) is 4.00. The van der Waals surface area contributed by atoms with Crippen LogP contribution < -0.4 is 5.32 Å². The summed E-state index contributed by atoms with van der Waals surface area (Å²) in [5, 5.41) is 3.48. The molecule has 0 saturated carbocycles. The summed E-state index contributed by atoms with van der Waals surface area (Å²) in [4.78, 5) is 2.66. The predicted octanol–water partition coefficient (Wildman–Crippen LogP) is 2.99. The highest BCUT2D eigenvalue weighted by molar-refractivity contribution is 4.86. The van der Waals surface area contributed by atoms with Gasteiger partial charge in [0.25, 0.3) is 0 Å². The van der Waals surface area contributed by atoms with Crippen LogP contribution in [0.2, 0.25) is 0 Å². The maximum atomic E-state index is 3.48. The molecule has 0 aliphatic carbocycles. The Bertz CT molecular complexity index is 228. The van der Waals surface area contributed by atoms with Gasteiger partial charge in [0.2, 0.25) is 0 Å². The lowest BCUT2D eigenvalue weighted by atomic mass is 9.80. The van der Waals surface area contributed by atoms with Crippen molar-refractivity contribution in [2.75, 3.05) is 32.7 Å². The van der Waals surface area contributed by atoms with E-state index in [1.165, 1.54) is 26.1 Å². The van der Waals surface area contributed by atoms with Crippen molar-refractivity contribution in [2.24, 2.45) is 16.7 Å². The van der Waals surface area contributed by atoms with Crippen molar-refractivity contribution in [3.05, 3.63) is 0 Å². The van der Waals surface area contributed by atoms with E-state index in [1.807, 2.05) is 0 Å². The van der Waals surface area contributed by atoms with Crippen molar-refractivity contribution >= 4 is 0 Å². The minimum atomic E-state index is 0.392. The van der Waals surface area contributed by atoms with Crippen LogP contribution in [-0.4, -0.2) is 37.6 Å². The van der Waals surface area contributed by atoms with Gasteiger partial charge >= 0.3 is 0 Å². The van der Waals surface area contributed by atoms with Gasteiger partial charge in [-0.05, 0) is 36.3 Å². The number of nitrogens with zero attached hydrogens (tertiary/aromatic N) is 1. The third kappa shape index (κ3) is 4.97. The lowest BCUT2D eigenvalue weighted by Crippen LogP contribution is -2.40. The molecule has 1 N–H and O–H groups in total. The lowest BCUT2D eigenvalue weighted by molar-refractivity contribution is 0.178. The highest BCUT2D eigenvalue weighted by Gasteiger charge is 2.33. The van der Waals surface area contributed by atoms with Gasteiger partial charge in [-0.1, -0.05) is 41.5 Å². The molecule has 1 aliphatic heterocycles. The Balaban J connectivity index is 2.39. The molecule has 1 unspecified atom stereocenters. The Morgan fingerprint density at radius 3 is 2.29 bits per heavy atom. The fourth-order valence-corrected chi connectivity index (χ4v) is 2.81. The van der Waals surface area contributed by atoms with Crippen LogP contribution in [0.25, 0.3) is 0 Å². The standard InChI is InChI=1S/C15H32N2/c1-7-16-11-15(5,6)12-17-9-8-13(10-17)14(2,3)4/h13,16H,7-12H2,1-6H3. The van der Waals surface area contributed by atoms with E-state index in [-0.39, 0.29) is 0 Å². The minimum absolute atomic E-state index is 0.392. The zero-order chi connectivity index (χ0) is 13.1. The van der Waals surface area contributed by atoms with E-state index in [1.54, 1.807) is 0 Å². The second-order valence-electron chi connectivity index (χ2n) is 7.53. The molecule has 102 valence electrons. The fourth-order valence-electron chi connectivity index (χ4n) is 2.81. The number of hydrogen-bond donors (Lipinski definition) is 1. The van der Waals surface area contributed by atoms with Crippen molar-refractivity contribution in [3.8, 4) is 0 Å². The molecule has 0 aromatic carbocycles. The summed E-state index contributed by atoms with van der Waals surface area (Å²) >= 11 is 0. The Hall–Kier alpha value is -0.0800. The highest BCUT2D eigenvalue weighted by atomic mass is 15.2. The monoisotopic (exact) mass is 240 g/mol. The second-order valence-corrected chi connectivity index (χ2v) is 7.53. The fraction of sp³-hybridized carbons (Fsp3) is 1.00. The smallest absolute Gasteiger partial charge is 0.00449 e. The Morgan fingerprint density at radius 1 is 1.18 bits per heavy atom. The molecule has 0 aromatic heterocycles.